The van der Waals surface area contributed by atoms with Crippen molar-refractivity contribution in [2.24, 2.45) is 0 Å². The molecule has 3 rings (SSSR count). The highest BCUT2D eigenvalue weighted by atomic mass is 35.5. The van der Waals surface area contributed by atoms with E-state index in [1.54, 1.807) is 10.7 Å². The van der Waals surface area contributed by atoms with Gasteiger partial charge in [-0.15, -0.1) is 11.6 Å². The quantitative estimate of drug-likeness (QED) is 0.812. The smallest absolute Gasteiger partial charge is 0.257 e. The summed E-state index contributed by atoms with van der Waals surface area (Å²) in [5, 5.41) is 4.25. The second-order valence-electron chi connectivity index (χ2n) is 5.21. The maximum absolute atomic E-state index is 12.8. The highest BCUT2D eigenvalue weighted by Crippen LogP contribution is 2.25. The van der Waals surface area contributed by atoms with Crippen LogP contribution in [-0.2, 0) is 0 Å². The molecule has 0 aliphatic heterocycles. The third-order valence-corrected chi connectivity index (χ3v) is 4.18. The first-order chi connectivity index (χ1) is 9.81. The van der Waals surface area contributed by atoms with Crippen molar-refractivity contribution >= 4 is 23.0 Å². The first kappa shape index (κ1) is 13.4. The Morgan fingerprint density at radius 3 is 2.95 bits per heavy atom. The molecule has 0 aromatic carbocycles. The number of nitrogens with zero attached hydrogens (tertiary/aromatic N) is 3. The van der Waals surface area contributed by atoms with Crippen LogP contribution in [0.3, 0.4) is 0 Å². The topological polar surface area (TPSA) is 37.6 Å². The lowest BCUT2D eigenvalue weighted by atomic mass is 10.1. The molecule has 1 aliphatic rings. The third kappa shape index (κ3) is 2.40. The molecule has 20 heavy (non-hydrogen) atoms. The molecule has 2 heterocycles. The second-order valence-corrected chi connectivity index (χ2v) is 5.59. The number of fused-ring (bicyclic) bond motifs is 1. The number of hydrogen-bond acceptors (Lipinski definition) is 2. The molecule has 1 fully saturated rings. The highest BCUT2D eigenvalue weighted by Gasteiger charge is 2.28. The van der Waals surface area contributed by atoms with Crippen molar-refractivity contribution in [1.82, 2.24) is 14.5 Å². The van der Waals surface area contributed by atoms with Crippen LogP contribution in [0.25, 0.3) is 5.52 Å². The standard InChI is InChI=1S/C15H18ClN3O/c16-8-10-18(12-5-1-2-6-12)15(20)13-11-17-19-9-4-3-7-14(13)19/h3-4,7,9,11-12H,1-2,5-6,8,10H2. The summed E-state index contributed by atoms with van der Waals surface area (Å²) < 4.78 is 1.74. The third-order valence-electron chi connectivity index (χ3n) is 4.01. The molecule has 0 N–H and O–H groups in total. The fraction of sp³-hybridized carbons (Fsp3) is 0.467. The average molecular weight is 292 g/mol. The Morgan fingerprint density at radius 2 is 2.20 bits per heavy atom. The van der Waals surface area contributed by atoms with E-state index in [1.165, 1.54) is 12.8 Å². The van der Waals surface area contributed by atoms with E-state index in [9.17, 15) is 4.79 Å². The van der Waals surface area contributed by atoms with Gasteiger partial charge in [-0.3, -0.25) is 4.79 Å². The summed E-state index contributed by atoms with van der Waals surface area (Å²) in [6, 6.07) is 6.09. The lowest BCUT2D eigenvalue weighted by Crippen LogP contribution is -2.40. The van der Waals surface area contributed by atoms with E-state index in [-0.39, 0.29) is 5.91 Å². The van der Waals surface area contributed by atoms with Crippen molar-refractivity contribution in [3.05, 3.63) is 36.2 Å². The van der Waals surface area contributed by atoms with Gasteiger partial charge in [0.2, 0.25) is 0 Å². The van der Waals surface area contributed by atoms with Gasteiger partial charge in [0.05, 0.1) is 17.3 Å². The van der Waals surface area contributed by atoms with E-state index in [1.807, 2.05) is 29.3 Å². The van der Waals surface area contributed by atoms with Gasteiger partial charge in [-0.05, 0) is 25.0 Å². The van der Waals surface area contributed by atoms with Gasteiger partial charge in [0.1, 0.15) is 0 Å². The van der Waals surface area contributed by atoms with E-state index in [4.69, 9.17) is 11.6 Å². The van der Waals surface area contributed by atoms with Crippen molar-refractivity contribution in [1.29, 1.82) is 0 Å². The first-order valence-electron chi connectivity index (χ1n) is 7.10. The first-order valence-corrected chi connectivity index (χ1v) is 7.64. The molecule has 106 valence electrons. The van der Waals surface area contributed by atoms with Gasteiger partial charge in [-0.2, -0.15) is 5.10 Å². The van der Waals surface area contributed by atoms with Crippen molar-refractivity contribution in [3.8, 4) is 0 Å². The van der Waals surface area contributed by atoms with Gasteiger partial charge in [0, 0.05) is 24.7 Å². The van der Waals surface area contributed by atoms with E-state index in [0.29, 0.717) is 24.0 Å². The molecule has 1 aliphatic carbocycles. The fourth-order valence-electron chi connectivity index (χ4n) is 3.01. The summed E-state index contributed by atoms with van der Waals surface area (Å²) in [5.74, 6) is 0.528. The molecule has 1 saturated carbocycles. The van der Waals surface area contributed by atoms with Crippen LogP contribution in [0.4, 0.5) is 0 Å². The second kappa shape index (κ2) is 5.83. The molecule has 5 heteroatoms. The van der Waals surface area contributed by atoms with E-state index in [0.717, 1.165) is 18.4 Å². The molecule has 0 spiro atoms. The van der Waals surface area contributed by atoms with Crippen LogP contribution in [0, 0.1) is 0 Å². The molecule has 0 radical (unpaired) electrons. The van der Waals surface area contributed by atoms with Crippen LogP contribution in [0.5, 0.6) is 0 Å². The summed E-state index contributed by atoms with van der Waals surface area (Å²) in [6.45, 7) is 0.606. The van der Waals surface area contributed by atoms with E-state index in [2.05, 4.69) is 5.10 Å². The van der Waals surface area contributed by atoms with Crippen molar-refractivity contribution < 1.29 is 4.79 Å². The van der Waals surface area contributed by atoms with Crippen molar-refractivity contribution in [3.63, 3.8) is 0 Å². The Morgan fingerprint density at radius 1 is 1.40 bits per heavy atom. The summed E-state index contributed by atoms with van der Waals surface area (Å²) in [6.07, 6.45) is 8.09. The van der Waals surface area contributed by atoms with Crippen molar-refractivity contribution in [2.45, 2.75) is 31.7 Å². The zero-order valence-electron chi connectivity index (χ0n) is 11.3. The van der Waals surface area contributed by atoms with Crippen LogP contribution in [0.15, 0.2) is 30.6 Å². The molecular formula is C15H18ClN3O. The summed E-state index contributed by atoms with van der Waals surface area (Å²) >= 11 is 5.88. The normalized spacial score (nSPS) is 15.8. The van der Waals surface area contributed by atoms with Crippen LogP contribution < -0.4 is 0 Å². The number of carbonyl (C=O) groups is 1. The summed E-state index contributed by atoms with van der Waals surface area (Å²) in [4.78, 5) is 14.7. The average Bonchev–Trinajstić information content (AvgIpc) is 3.13. The van der Waals surface area contributed by atoms with Crippen LogP contribution in [0.1, 0.15) is 36.0 Å². The fourth-order valence-corrected chi connectivity index (χ4v) is 3.19. The maximum atomic E-state index is 12.8. The Balaban J connectivity index is 1.92. The maximum Gasteiger partial charge on any atom is 0.257 e. The number of hydrogen-bond donors (Lipinski definition) is 0. The molecular weight excluding hydrogens is 274 g/mol. The summed E-state index contributed by atoms with van der Waals surface area (Å²) in [7, 11) is 0. The minimum absolute atomic E-state index is 0.0544. The van der Waals surface area contributed by atoms with Gasteiger partial charge in [0.15, 0.2) is 0 Å². The zero-order chi connectivity index (χ0) is 13.9. The van der Waals surface area contributed by atoms with Crippen LogP contribution in [-0.4, -0.2) is 38.9 Å². The van der Waals surface area contributed by atoms with Gasteiger partial charge in [-0.25, -0.2) is 4.52 Å². The predicted octanol–water partition coefficient (Wildman–Crippen LogP) is 2.96. The van der Waals surface area contributed by atoms with Gasteiger partial charge in [-0.1, -0.05) is 18.9 Å². The van der Waals surface area contributed by atoms with E-state index >= 15 is 0 Å². The number of rotatable bonds is 4. The lowest BCUT2D eigenvalue weighted by molar-refractivity contribution is 0.0697. The molecule has 1 amide bonds. The molecule has 0 atom stereocenters. The Hall–Kier alpha value is -1.55. The molecule has 2 aromatic rings. The molecule has 2 aromatic heterocycles. The molecule has 4 nitrogen and oxygen atoms in total. The number of amides is 1. The largest absolute Gasteiger partial charge is 0.334 e. The number of aromatic nitrogens is 2. The SMILES string of the molecule is O=C(c1cnn2ccccc12)N(CCCl)C1CCCC1. The van der Waals surface area contributed by atoms with Gasteiger partial charge < -0.3 is 4.90 Å². The minimum atomic E-state index is 0.0544. The Kier molecular flexibility index (Phi) is 3.92. The van der Waals surface area contributed by atoms with Gasteiger partial charge in [0.25, 0.3) is 5.91 Å². The highest BCUT2D eigenvalue weighted by molar-refractivity contribution is 6.18. The minimum Gasteiger partial charge on any atom is -0.334 e. The molecule has 0 bridgehead atoms. The van der Waals surface area contributed by atoms with Crippen LogP contribution >= 0.6 is 11.6 Å². The lowest BCUT2D eigenvalue weighted by Gasteiger charge is -2.28. The van der Waals surface area contributed by atoms with Crippen LogP contribution in [0.2, 0.25) is 0 Å². The number of carbonyl (C=O) groups excluding carboxylic acids is 1. The Bertz CT molecular complexity index is 604. The number of alkyl halides is 1. The zero-order valence-corrected chi connectivity index (χ0v) is 12.1. The summed E-state index contributed by atoms with van der Waals surface area (Å²) in [5.41, 5.74) is 1.53. The number of pyridine rings is 1. The molecule has 0 saturated heterocycles. The van der Waals surface area contributed by atoms with Crippen molar-refractivity contribution in [2.75, 3.05) is 12.4 Å². The number of halogens is 1. The van der Waals surface area contributed by atoms with E-state index < -0.39 is 0 Å². The Labute approximate surface area is 123 Å². The molecule has 0 unspecified atom stereocenters. The van der Waals surface area contributed by atoms with Gasteiger partial charge >= 0.3 is 0 Å². The predicted molar refractivity (Wildman–Crippen MR) is 79.2 cm³/mol. The monoisotopic (exact) mass is 291 g/mol.